The third-order valence-corrected chi connectivity index (χ3v) is 8.82. The van der Waals surface area contributed by atoms with E-state index in [0.717, 1.165) is 89.0 Å². The average molecular weight is 483 g/mol. The number of hydrogen-bond donors (Lipinski definition) is 0. The van der Waals surface area contributed by atoms with E-state index in [2.05, 4.69) is 57.2 Å². The molecule has 2 aromatic carbocycles. The fourth-order valence-corrected chi connectivity index (χ4v) is 7.05. The molecule has 0 spiro atoms. The van der Waals surface area contributed by atoms with Gasteiger partial charge in [-0.15, -0.1) is 0 Å². The molecule has 1 amide bonds. The summed E-state index contributed by atoms with van der Waals surface area (Å²) in [5, 5.41) is 1.19. The Labute approximate surface area is 212 Å². The number of aromatic nitrogens is 1. The quantitative estimate of drug-likeness (QED) is 0.573. The van der Waals surface area contributed by atoms with E-state index in [-0.39, 0.29) is 11.5 Å². The van der Waals surface area contributed by atoms with Crippen LogP contribution in [0.25, 0.3) is 10.9 Å². The summed E-state index contributed by atoms with van der Waals surface area (Å²) in [6.07, 6.45) is 5.11. The molecule has 0 bridgehead atoms. The molecule has 0 unspecified atom stereocenters. The van der Waals surface area contributed by atoms with E-state index in [0.29, 0.717) is 12.5 Å². The number of rotatable bonds is 4. The SMILES string of the molecule is O=C1[C@@H](CN2CCN(Cc3cc4cccc5c4n(c3=O)CCC5)CC2)Cc2cccc3c2N1CCC3. The summed E-state index contributed by atoms with van der Waals surface area (Å²) < 4.78 is 2.01. The molecule has 186 valence electrons. The van der Waals surface area contributed by atoms with Crippen molar-refractivity contribution in [2.24, 2.45) is 5.92 Å². The van der Waals surface area contributed by atoms with Gasteiger partial charge < -0.3 is 9.47 Å². The third kappa shape index (κ3) is 3.70. The molecule has 1 aromatic heterocycles. The van der Waals surface area contributed by atoms with Crippen molar-refractivity contribution in [2.45, 2.75) is 45.2 Å². The van der Waals surface area contributed by atoms with E-state index in [1.165, 1.54) is 27.8 Å². The summed E-state index contributed by atoms with van der Waals surface area (Å²) >= 11 is 0. The van der Waals surface area contributed by atoms with Gasteiger partial charge in [0.25, 0.3) is 5.56 Å². The summed E-state index contributed by atoms with van der Waals surface area (Å²) in [6.45, 7) is 6.98. The van der Waals surface area contributed by atoms with Gasteiger partial charge in [-0.25, -0.2) is 0 Å². The van der Waals surface area contributed by atoms with Crippen LogP contribution >= 0.6 is 0 Å². The van der Waals surface area contributed by atoms with Crippen molar-refractivity contribution in [3.05, 3.63) is 75.1 Å². The Morgan fingerprint density at radius 2 is 1.50 bits per heavy atom. The van der Waals surface area contributed by atoms with E-state index >= 15 is 0 Å². The Kier molecular flexibility index (Phi) is 5.47. The molecule has 6 nitrogen and oxygen atoms in total. The molecule has 0 saturated carbocycles. The van der Waals surface area contributed by atoms with Crippen molar-refractivity contribution < 1.29 is 4.79 Å². The molecular weight excluding hydrogens is 448 g/mol. The van der Waals surface area contributed by atoms with Crippen LogP contribution in [0.4, 0.5) is 5.69 Å². The normalized spacial score (nSPS) is 22.2. The van der Waals surface area contributed by atoms with Gasteiger partial charge in [-0.3, -0.25) is 19.4 Å². The number of pyridine rings is 1. The van der Waals surface area contributed by atoms with E-state index in [9.17, 15) is 9.59 Å². The van der Waals surface area contributed by atoms with Crippen LogP contribution < -0.4 is 10.5 Å². The van der Waals surface area contributed by atoms with Gasteiger partial charge >= 0.3 is 0 Å². The predicted molar refractivity (Wildman–Crippen MR) is 143 cm³/mol. The highest BCUT2D eigenvalue weighted by atomic mass is 16.2. The number of hydrogen-bond acceptors (Lipinski definition) is 4. The van der Waals surface area contributed by atoms with Crippen LogP contribution in [0.3, 0.4) is 0 Å². The minimum absolute atomic E-state index is 0.0461. The molecule has 3 aromatic rings. The zero-order valence-corrected chi connectivity index (χ0v) is 20.9. The van der Waals surface area contributed by atoms with E-state index in [4.69, 9.17) is 0 Å². The van der Waals surface area contributed by atoms with E-state index < -0.39 is 0 Å². The molecule has 4 aliphatic rings. The Bertz CT molecular complexity index is 1400. The summed E-state index contributed by atoms with van der Waals surface area (Å²) in [5.74, 6) is 0.361. The highest BCUT2D eigenvalue weighted by Gasteiger charge is 2.36. The van der Waals surface area contributed by atoms with Crippen LogP contribution in [-0.4, -0.2) is 59.5 Å². The van der Waals surface area contributed by atoms with Crippen LogP contribution in [-0.2, 0) is 37.1 Å². The fraction of sp³-hybridized carbons (Fsp3) is 0.467. The lowest BCUT2D eigenvalue weighted by molar-refractivity contribution is -0.123. The number of carbonyl (C=O) groups is 1. The number of amides is 1. The lowest BCUT2D eigenvalue weighted by atomic mass is 9.86. The Morgan fingerprint density at radius 3 is 2.39 bits per heavy atom. The van der Waals surface area contributed by atoms with Crippen molar-refractivity contribution in [2.75, 3.05) is 44.2 Å². The van der Waals surface area contributed by atoms with Gasteiger partial charge in [-0.2, -0.15) is 0 Å². The molecule has 0 aliphatic carbocycles. The Balaban J connectivity index is 1.03. The van der Waals surface area contributed by atoms with Crippen molar-refractivity contribution in [3.8, 4) is 0 Å². The van der Waals surface area contributed by atoms with Crippen LogP contribution in [0.1, 0.15) is 35.1 Å². The zero-order chi connectivity index (χ0) is 24.2. The molecule has 4 aliphatic heterocycles. The van der Waals surface area contributed by atoms with Crippen molar-refractivity contribution in [3.63, 3.8) is 0 Å². The second-order valence-corrected chi connectivity index (χ2v) is 11.1. The first-order valence-corrected chi connectivity index (χ1v) is 13.7. The van der Waals surface area contributed by atoms with Crippen molar-refractivity contribution >= 4 is 22.5 Å². The van der Waals surface area contributed by atoms with Gasteiger partial charge in [0.1, 0.15) is 0 Å². The predicted octanol–water partition coefficient (Wildman–Crippen LogP) is 3.22. The number of anilines is 1. The largest absolute Gasteiger partial charge is 0.312 e. The minimum Gasteiger partial charge on any atom is -0.312 e. The van der Waals surface area contributed by atoms with Crippen molar-refractivity contribution in [1.29, 1.82) is 0 Å². The monoisotopic (exact) mass is 482 g/mol. The van der Waals surface area contributed by atoms with E-state index in [1.54, 1.807) is 0 Å². The van der Waals surface area contributed by atoms with Crippen LogP contribution in [0.15, 0.2) is 47.3 Å². The van der Waals surface area contributed by atoms with E-state index in [1.807, 2.05) is 4.57 Å². The van der Waals surface area contributed by atoms with Gasteiger partial charge in [-0.1, -0.05) is 36.4 Å². The van der Waals surface area contributed by atoms with Crippen LogP contribution in [0.5, 0.6) is 0 Å². The molecule has 0 radical (unpaired) electrons. The molecule has 1 fully saturated rings. The lowest BCUT2D eigenvalue weighted by Gasteiger charge is -2.41. The molecular formula is C30H34N4O2. The molecule has 0 N–H and O–H groups in total. The molecule has 1 atom stereocenters. The number of nitrogens with zero attached hydrogens (tertiary/aromatic N) is 4. The minimum atomic E-state index is 0.0461. The van der Waals surface area contributed by atoms with Gasteiger partial charge in [0.15, 0.2) is 0 Å². The summed E-state index contributed by atoms with van der Waals surface area (Å²) in [6, 6.07) is 15.1. The second-order valence-electron chi connectivity index (χ2n) is 11.1. The molecule has 7 rings (SSSR count). The first-order chi connectivity index (χ1) is 17.7. The number of piperazine rings is 1. The first-order valence-electron chi connectivity index (χ1n) is 13.7. The maximum atomic E-state index is 13.4. The third-order valence-electron chi connectivity index (χ3n) is 8.82. The number of para-hydroxylation sites is 2. The Hall–Kier alpha value is -2.96. The Morgan fingerprint density at radius 1 is 0.778 bits per heavy atom. The maximum Gasteiger partial charge on any atom is 0.255 e. The number of benzene rings is 2. The summed E-state index contributed by atoms with van der Waals surface area (Å²) in [7, 11) is 0. The van der Waals surface area contributed by atoms with Gasteiger partial charge in [-0.05, 0) is 60.2 Å². The standard InChI is InChI=1S/C30H34N4O2/c35-29-25(17-23-7-1-5-21-9-3-11-33(29)27(21)23)19-31-13-15-32(16-14-31)20-26-18-24-8-2-6-22-10-4-12-34(28(22)24)30(26)36/h1-2,5-8,17,26H,3-4,9-16,18-20H2/t26-/m1/s1. The highest BCUT2D eigenvalue weighted by molar-refractivity contribution is 5.99. The molecule has 6 heteroatoms. The zero-order valence-electron chi connectivity index (χ0n) is 20.9. The fourth-order valence-electron chi connectivity index (χ4n) is 7.05. The molecule has 5 heterocycles. The first kappa shape index (κ1) is 22.3. The number of carbonyl (C=O) groups excluding carboxylic acids is 1. The topological polar surface area (TPSA) is 48.8 Å². The van der Waals surface area contributed by atoms with Crippen molar-refractivity contribution in [1.82, 2.24) is 14.4 Å². The summed E-state index contributed by atoms with van der Waals surface area (Å²) in [4.78, 5) is 33.6. The smallest absolute Gasteiger partial charge is 0.255 e. The second kappa shape index (κ2) is 8.86. The summed E-state index contributed by atoms with van der Waals surface area (Å²) in [5.41, 5.74) is 7.44. The van der Waals surface area contributed by atoms with Gasteiger partial charge in [0.2, 0.25) is 5.91 Å². The highest BCUT2D eigenvalue weighted by Crippen LogP contribution is 2.37. The van der Waals surface area contributed by atoms with Gasteiger partial charge in [0.05, 0.1) is 17.1 Å². The van der Waals surface area contributed by atoms with Crippen LogP contribution in [0, 0.1) is 5.92 Å². The molecule has 1 saturated heterocycles. The lowest BCUT2D eigenvalue weighted by Crippen LogP contribution is -2.52. The number of aryl methyl sites for hydroxylation is 3. The molecule has 36 heavy (non-hydrogen) atoms. The van der Waals surface area contributed by atoms with Crippen LogP contribution in [0.2, 0.25) is 0 Å². The average Bonchev–Trinajstić information content (AvgIpc) is 2.91. The maximum absolute atomic E-state index is 13.4. The van der Waals surface area contributed by atoms with Gasteiger partial charge in [0, 0.05) is 57.9 Å².